The number of esters is 1. The fourth-order valence-electron chi connectivity index (χ4n) is 5.64. The number of hydrogen-bond donors (Lipinski definition) is 2. The second-order valence-electron chi connectivity index (χ2n) is 7.92. The molecule has 1 spiro atoms. The van der Waals surface area contributed by atoms with E-state index >= 15 is 0 Å². The Bertz CT molecular complexity index is 828. The second-order valence-corrected chi connectivity index (χ2v) is 7.92. The van der Waals surface area contributed by atoms with Crippen LogP contribution in [0, 0.1) is 11.3 Å². The molecule has 2 N–H and O–H groups in total. The lowest BCUT2D eigenvalue weighted by Gasteiger charge is -2.57. The van der Waals surface area contributed by atoms with Gasteiger partial charge in [-0.2, -0.15) is 0 Å². The summed E-state index contributed by atoms with van der Waals surface area (Å²) in [6.45, 7) is 1.91. The summed E-state index contributed by atoms with van der Waals surface area (Å²) in [6.07, 6.45) is 4.44. The predicted molar refractivity (Wildman–Crippen MR) is 88.4 cm³/mol. The quantitative estimate of drug-likeness (QED) is 0.388. The topological polar surface area (TPSA) is 96.3 Å². The predicted octanol–water partition coefficient (Wildman–Crippen LogP) is 0.0412. The third-order valence-corrected chi connectivity index (χ3v) is 6.61. The van der Waals surface area contributed by atoms with E-state index in [1.165, 1.54) is 6.92 Å². The third-order valence-electron chi connectivity index (χ3n) is 6.61. The van der Waals surface area contributed by atoms with E-state index in [4.69, 9.17) is 9.47 Å². The summed E-state index contributed by atoms with van der Waals surface area (Å²) in [5.41, 5.74) is 0.574. The monoisotopic (exact) mass is 359 g/mol. The molecule has 6 atom stereocenters. The van der Waals surface area contributed by atoms with Gasteiger partial charge in [0.05, 0.1) is 6.04 Å². The number of ether oxygens (including phenoxy) is 2. The average Bonchev–Trinajstić information content (AvgIpc) is 2.92. The first kappa shape index (κ1) is 16.2. The van der Waals surface area contributed by atoms with Gasteiger partial charge in [0.2, 0.25) is 0 Å². The van der Waals surface area contributed by atoms with Crippen LogP contribution in [0.2, 0.25) is 0 Å². The number of piperidine rings is 1. The van der Waals surface area contributed by atoms with Crippen molar-refractivity contribution in [3.05, 3.63) is 35.1 Å². The van der Waals surface area contributed by atoms with Crippen LogP contribution in [0.3, 0.4) is 0 Å². The first-order valence-electron chi connectivity index (χ1n) is 8.95. The van der Waals surface area contributed by atoms with Crippen molar-refractivity contribution in [3.8, 4) is 0 Å². The van der Waals surface area contributed by atoms with E-state index in [0.717, 1.165) is 0 Å². The van der Waals surface area contributed by atoms with E-state index in [2.05, 4.69) is 4.90 Å². The van der Waals surface area contributed by atoms with Crippen LogP contribution in [0.5, 0.6) is 0 Å². The highest BCUT2D eigenvalue weighted by Crippen LogP contribution is 2.65. The average molecular weight is 359 g/mol. The first-order valence-corrected chi connectivity index (χ1v) is 8.95. The zero-order valence-electron chi connectivity index (χ0n) is 14.6. The standard InChI is InChI=1S/C19H21NO6/c1-9(21)26-19(24)6-5-10-13-17(19)25-16-12(22)4-3-11-14(15(10)23)20(2)8-7-18(11,13)16/h3-5,11-12,14,16,22,24H,6-8H2,1-2H3/t11-,12-,14-,16-,18-,19?/m0/s1. The van der Waals surface area contributed by atoms with Crippen molar-refractivity contribution in [2.24, 2.45) is 11.3 Å². The van der Waals surface area contributed by atoms with Crippen molar-refractivity contribution in [2.75, 3.05) is 13.6 Å². The van der Waals surface area contributed by atoms with Gasteiger partial charge in [-0.05, 0) is 20.0 Å². The van der Waals surface area contributed by atoms with Crippen LogP contribution in [0.1, 0.15) is 19.8 Å². The molecule has 1 saturated heterocycles. The molecule has 2 aliphatic heterocycles. The maximum Gasteiger partial charge on any atom is 0.305 e. The molecule has 7 heteroatoms. The van der Waals surface area contributed by atoms with Crippen molar-refractivity contribution < 1.29 is 29.3 Å². The highest BCUT2D eigenvalue weighted by Gasteiger charge is 2.70. The lowest BCUT2D eigenvalue weighted by Crippen LogP contribution is -2.65. The Morgan fingerprint density at radius 2 is 2.19 bits per heavy atom. The van der Waals surface area contributed by atoms with Crippen molar-refractivity contribution in [2.45, 2.75) is 43.8 Å². The number of carbonyl (C=O) groups is 2. The van der Waals surface area contributed by atoms with E-state index in [-0.39, 0.29) is 29.9 Å². The van der Waals surface area contributed by atoms with Crippen molar-refractivity contribution in [1.29, 1.82) is 0 Å². The SMILES string of the molecule is CC(=O)OC1(O)CC=C2C(=O)[C@@H]3[C@@H]4C=C[C@H](O)[C@@H]5OC1=C2[C@]45CCN3C. The molecule has 26 heavy (non-hydrogen) atoms. The summed E-state index contributed by atoms with van der Waals surface area (Å²) in [5.74, 6) is -2.59. The Morgan fingerprint density at radius 3 is 2.92 bits per heavy atom. The molecule has 138 valence electrons. The molecule has 0 amide bonds. The summed E-state index contributed by atoms with van der Waals surface area (Å²) in [5, 5.41) is 21.6. The lowest BCUT2D eigenvalue weighted by molar-refractivity contribution is -0.208. The van der Waals surface area contributed by atoms with Gasteiger partial charge in [-0.1, -0.05) is 18.2 Å². The zero-order chi connectivity index (χ0) is 18.4. The summed E-state index contributed by atoms with van der Waals surface area (Å²) in [7, 11) is 1.94. The molecular formula is C19H21NO6. The van der Waals surface area contributed by atoms with Gasteiger partial charge >= 0.3 is 5.97 Å². The molecular weight excluding hydrogens is 338 g/mol. The Kier molecular flexibility index (Phi) is 3.03. The number of hydrogen-bond acceptors (Lipinski definition) is 7. The van der Waals surface area contributed by atoms with Gasteiger partial charge in [-0.25, -0.2) is 0 Å². The summed E-state index contributed by atoms with van der Waals surface area (Å²) in [6, 6.07) is -0.312. The number of aliphatic hydroxyl groups excluding tert-OH is 1. The first-order chi connectivity index (χ1) is 12.3. The number of likely N-dealkylation sites (tertiary alicyclic amines) is 1. The molecule has 5 aliphatic rings. The summed E-state index contributed by atoms with van der Waals surface area (Å²) in [4.78, 5) is 26.8. The van der Waals surface area contributed by atoms with Crippen LogP contribution < -0.4 is 0 Å². The largest absolute Gasteiger partial charge is 0.483 e. The Balaban J connectivity index is 1.76. The Hall–Kier alpha value is -1.96. The zero-order valence-corrected chi connectivity index (χ0v) is 14.6. The van der Waals surface area contributed by atoms with Gasteiger partial charge in [-0.15, -0.1) is 0 Å². The minimum Gasteiger partial charge on any atom is -0.483 e. The minimum absolute atomic E-state index is 0.00418. The van der Waals surface area contributed by atoms with Crippen LogP contribution >= 0.6 is 0 Å². The highest BCUT2D eigenvalue weighted by atomic mass is 16.7. The summed E-state index contributed by atoms with van der Waals surface area (Å²) < 4.78 is 11.3. The van der Waals surface area contributed by atoms with Gasteiger partial charge in [0, 0.05) is 35.8 Å². The van der Waals surface area contributed by atoms with Crippen LogP contribution in [0.4, 0.5) is 0 Å². The second kappa shape index (κ2) is 4.85. The normalized spacial score (nSPS) is 45.8. The van der Waals surface area contributed by atoms with Crippen LogP contribution in [-0.4, -0.2) is 64.5 Å². The van der Waals surface area contributed by atoms with Crippen LogP contribution in [-0.2, 0) is 19.1 Å². The molecule has 0 radical (unpaired) electrons. The highest BCUT2D eigenvalue weighted by molar-refractivity contribution is 6.06. The minimum atomic E-state index is -1.93. The van der Waals surface area contributed by atoms with Crippen LogP contribution in [0.15, 0.2) is 35.1 Å². The molecule has 1 saturated carbocycles. The molecule has 7 nitrogen and oxygen atoms in total. The maximum absolute atomic E-state index is 13.2. The number of carbonyl (C=O) groups excluding carboxylic acids is 2. The number of nitrogens with zero attached hydrogens (tertiary/aromatic N) is 1. The summed E-state index contributed by atoms with van der Waals surface area (Å²) >= 11 is 0. The molecule has 2 bridgehead atoms. The molecule has 5 rings (SSSR count). The maximum atomic E-state index is 13.2. The molecule has 2 heterocycles. The smallest absolute Gasteiger partial charge is 0.305 e. The van der Waals surface area contributed by atoms with Crippen molar-refractivity contribution in [3.63, 3.8) is 0 Å². The van der Waals surface area contributed by atoms with Gasteiger partial charge in [0.1, 0.15) is 12.2 Å². The van der Waals surface area contributed by atoms with Gasteiger partial charge in [-0.3, -0.25) is 14.5 Å². The molecule has 2 fully saturated rings. The fraction of sp³-hybridized carbons (Fsp3) is 0.579. The fourth-order valence-corrected chi connectivity index (χ4v) is 5.64. The molecule has 0 aromatic carbocycles. The van der Waals surface area contributed by atoms with Gasteiger partial charge in [0.25, 0.3) is 5.79 Å². The number of ketones is 1. The molecule has 1 unspecified atom stereocenters. The van der Waals surface area contributed by atoms with E-state index in [1.807, 2.05) is 13.1 Å². The van der Waals surface area contributed by atoms with Crippen LogP contribution in [0.25, 0.3) is 0 Å². The van der Waals surface area contributed by atoms with E-state index in [9.17, 15) is 19.8 Å². The number of aliphatic hydroxyl groups is 2. The third kappa shape index (κ3) is 1.69. The van der Waals surface area contributed by atoms with Gasteiger partial charge in [0.15, 0.2) is 11.5 Å². The van der Waals surface area contributed by atoms with E-state index in [1.54, 1.807) is 12.2 Å². The molecule has 0 aromatic rings. The molecule has 0 aromatic heterocycles. The number of rotatable bonds is 1. The van der Waals surface area contributed by atoms with E-state index < -0.39 is 29.4 Å². The molecule has 3 aliphatic carbocycles. The van der Waals surface area contributed by atoms with E-state index in [0.29, 0.717) is 24.1 Å². The van der Waals surface area contributed by atoms with Crippen molar-refractivity contribution >= 4 is 11.8 Å². The van der Waals surface area contributed by atoms with Gasteiger partial charge < -0.3 is 19.7 Å². The Labute approximate surface area is 150 Å². The Morgan fingerprint density at radius 1 is 1.42 bits per heavy atom. The lowest BCUT2D eigenvalue weighted by atomic mass is 9.51. The van der Waals surface area contributed by atoms with Crippen molar-refractivity contribution in [1.82, 2.24) is 4.90 Å². The number of likely N-dealkylation sites (N-methyl/N-ethyl adjacent to an activating group) is 1. The number of Topliss-reactive ketones (excluding diaryl/α,β-unsaturated/α-hetero) is 1.